The average Bonchev–Trinajstić information content (AvgIpc) is 2.21. The van der Waals surface area contributed by atoms with Crippen LogP contribution in [0.5, 0.6) is 0 Å². The zero-order chi connectivity index (χ0) is 11.3. The maximum atomic E-state index is 5.56. The van der Waals surface area contributed by atoms with Gasteiger partial charge in [0.15, 0.2) is 0 Å². The van der Waals surface area contributed by atoms with E-state index in [4.69, 9.17) is 5.84 Å². The molecule has 1 rings (SSSR count). The van der Waals surface area contributed by atoms with Crippen molar-refractivity contribution in [3.05, 3.63) is 35.4 Å². The molecule has 3 heteroatoms. The minimum Gasteiger partial charge on any atom is -0.309 e. The van der Waals surface area contributed by atoms with E-state index in [2.05, 4.69) is 55.6 Å². The monoisotopic (exact) mass is 207 g/mol. The molecule has 15 heavy (non-hydrogen) atoms. The number of nitrogens with zero attached hydrogens (tertiary/aromatic N) is 1. The van der Waals surface area contributed by atoms with Crippen LogP contribution in [0.3, 0.4) is 0 Å². The Morgan fingerprint density at radius 1 is 1.27 bits per heavy atom. The SMILES string of the molecule is Cc1ccc(C(CCN(C)C)NN)cc1. The van der Waals surface area contributed by atoms with Crippen LogP contribution in [-0.2, 0) is 0 Å². The largest absolute Gasteiger partial charge is 0.309 e. The summed E-state index contributed by atoms with van der Waals surface area (Å²) in [6.07, 6.45) is 1.02. The standard InChI is InChI=1S/C12H21N3/c1-10-4-6-11(7-5-10)12(14-13)8-9-15(2)3/h4-7,12,14H,8-9,13H2,1-3H3. The van der Waals surface area contributed by atoms with Gasteiger partial charge in [-0.2, -0.15) is 0 Å². The molecule has 1 aromatic rings. The van der Waals surface area contributed by atoms with E-state index in [9.17, 15) is 0 Å². The summed E-state index contributed by atoms with van der Waals surface area (Å²) in [4.78, 5) is 2.17. The van der Waals surface area contributed by atoms with Crippen molar-refractivity contribution in [2.45, 2.75) is 19.4 Å². The smallest absolute Gasteiger partial charge is 0.0472 e. The first kappa shape index (κ1) is 12.2. The third-order valence-corrected chi connectivity index (χ3v) is 2.55. The molecule has 0 saturated heterocycles. The Morgan fingerprint density at radius 2 is 1.87 bits per heavy atom. The molecule has 84 valence electrons. The Balaban J connectivity index is 2.61. The van der Waals surface area contributed by atoms with E-state index in [0.717, 1.165) is 13.0 Å². The van der Waals surface area contributed by atoms with Gasteiger partial charge in [0.05, 0.1) is 0 Å². The minimum absolute atomic E-state index is 0.244. The van der Waals surface area contributed by atoms with Crippen LogP contribution in [0, 0.1) is 6.92 Å². The van der Waals surface area contributed by atoms with Crippen molar-refractivity contribution in [2.75, 3.05) is 20.6 Å². The van der Waals surface area contributed by atoms with Gasteiger partial charge in [0.25, 0.3) is 0 Å². The summed E-state index contributed by atoms with van der Waals surface area (Å²) >= 11 is 0. The molecule has 0 bridgehead atoms. The predicted octanol–water partition coefficient (Wildman–Crippen LogP) is 1.45. The number of rotatable bonds is 5. The molecule has 0 saturated carbocycles. The summed E-state index contributed by atoms with van der Waals surface area (Å²) in [5.41, 5.74) is 5.40. The lowest BCUT2D eigenvalue weighted by Crippen LogP contribution is -2.30. The maximum absolute atomic E-state index is 5.56. The highest BCUT2D eigenvalue weighted by Gasteiger charge is 2.08. The fourth-order valence-corrected chi connectivity index (χ4v) is 1.53. The molecule has 1 aromatic carbocycles. The second-order valence-electron chi connectivity index (χ2n) is 4.22. The highest BCUT2D eigenvalue weighted by atomic mass is 15.2. The van der Waals surface area contributed by atoms with Crippen LogP contribution in [0.4, 0.5) is 0 Å². The number of benzene rings is 1. The first-order valence-electron chi connectivity index (χ1n) is 5.31. The van der Waals surface area contributed by atoms with E-state index < -0.39 is 0 Å². The van der Waals surface area contributed by atoms with Crippen molar-refractivity contribution in [1.29, 1.82) is 0 Å². The van der Waals surface area contributed by atoms with Gasteiger partial charge in [0, 0.05) is 6.04 Å². The van der Waals surface area contributed by atoms with Gasteiger partial charge in [-0.1, -0.05) is 29.8 Å². The van der Waals surface area contributed by atoms with Gasteiger partial charge in [-0.3, -0.25) is 11.3 Å². The Bertz CT molecular complexity index is 279. The van der Waals surface area contributed by atoms with Crippen LogP contribution in [0.1, 0.15) is 23.6 Å². The van der Waals surface area contributed by atoms with Gasteiger partial charge in [0.2, 0.25) is 0 Å². The van der Waals surface area contributed by atoms with Crippen molar-refractivity contribution in [3.63, 3.8) is 0 Å². The Kier molecular flexibility index (Phi) is 4.75. The van der Waals surface area contributed by atoms with Gasteiger partial charge in [-0.15, -0.1) is 0 Å². The summed E-state index contributed by atoms with van der Waals surface area (Å²) in [5.74, 6) is 5.56. The van der Waals surface area contributed by atoms with E-state index in [0.29, 0.717) is 0 Å². The first-order chi connectivity index (χ1) is 7.13. The van der Waals surface area contributed by atoms with Crippen LogP contribution in [0.25, 0.3) is 0 Å². The summed E-state index contributed by atoms with van der Waals surface area (Å²) in [6, 6.07) is 8.75. The van der Waals surface area contributed by atoms with Crippen molar-refractivity contribution in [3.8, 4) is 0 Å². The Morgan fingerprint density at radius 3 is 2.33 bits per heavy atom. The van der Waals surface area contributed by atoms with Crippen LogP contribution >= 0.6 is 0 Å². The first-order valence-corrected chi connectivity index (χ1v) is 5.31. The molecule has 0 radical (unpaired) electrons. The van der Waals surface area contributed by atoms with E-state index in [1.807, 2.05) is 0 Å². The molecule has 0 aromatic heterocycles. The predicted molar refractivity (Wildman–Crippen MR) is 64.4 cm³/mol. The number of hydrogen-bond donors (Lipinski definition) is 2. The van der Waals surface area contributed by atoms with Gasteiger partial charge in [-0.05, 0) is 39.5 Å². The van der Waals surface area contributed by atoms with Crippen LogP contribution in [-0.4, -0.2) is 25.5 Å². The van der Waals surface area contributed by atoms with Crippen LogP contribution < -0.4 is 11.3 Å². The summed E-state index contributed by atoms with van der Waals surface area (Å²) < 4.78 is 0. The molecule has 0 spiro atoms. The second-order valence-corrected chi connectivity index (χ2v) is 4.22. The minimum atomic E-state index is 0.244. The topological polar surface area (TPSA) is 41.3 Å². The Hall–Kier alpha value is -0.900. The van der Waals surface area contributed by atoms with Crippen LogP contribution in [0.2, 0.25) is 0 Å². The van der Waals surface area contributed by atoms with Crippen molar-refractivity contribution in [1.82, 2.24) is 10.3 Å². The quantitative estimate of drug-likeness (QED) is 0.567. The molecule has 0 fully saturated rings. The molecule has 1 atom stereocenters. The molecule has 0 amide bonds. The third kappa shape index (κ3) is 4.00. The molecule has 0 aliphatic rings. The fraction of sp³-hybridized carbons (Fsp3) is 0.500. The Labute approximate surface area is 92.2 Å². The summed E-state index contributed by atoms with van der Waals surface area (Å²) in [6.45, 7) is 3.12. The van der Waals surface area contributed by atoms with Crippen molar-refractivity contribution < 1.29 is 0 Å². The number of hydrogen-bond acceptors (Lipinski definition) is 3. The fourth-order valence-electron chi connectivity index (χ4n) is 1.53. The average molecular weight is 207 g/mol. The van der Waals surface area contributed by atoms with E-state index in [1.165, 1.54) is 11.1 Å². The highest BCUT2D eigenvalue weighted by molar-refractivity contribution is 5.23. The molecule has 0 aliphatic heterocycles. The van der Waals surface area contributed by atoms with Crippen LogP contribution in [0.15, 0.2) is 24.3 Å². The zero-order valence-corrected chi connectivity index (χ0v) is 9.83. The van der Waals surface area contributed by atoms with E-state index in [1.54, 1.807) is 0 Å². The zero-order valence-electron chi connectivity index (χ0n) is 9.83. The molecular weight excluding hydrogens is 186 g/mol. The molecule has 3 nitrogen and oxygen atoms in total. The van der Waals surface area contributed by atoms with E-state index in [-0.39, 0.29) is 6.04 Å². The molecule has 1 unspecified atom stereocenters. The number of hydrazine groups is 1. The molecule has 0 aliphatic carbocycles. The third-order valence-electron chi connectivity index (χ3n) is 2.55. The van der Waals surface area contributed by atoms with Crippen molar-refractivity contribution >= 4 is 0 Å². The number of nitrogens with two attached hydrogens (primary N) is 1. The lowest BCUT2D eigenvalue weighted by molar-refractivity contribution is 0.363. The lowest BCUT2D eigenvalue weighted by atomic mass is 10.0. The van der Waals surface area contributed by atoms with Gasteiger partial charge < -0.3 is 4.90 Å². The normalized spacial score (nSPS) is 13.1. The second kappa shape index (κ2) is 5.85. The van der Waals surface area contributed by atoms with Gasteiger partial charge in [0.1, 0.15) is 0 Å². The van der Waals surface area contributed by atoms with Gasteiger partial charge in [-0.25, -0.2) is 0 Å². The van der Waals surface area contributed by atoms with Gasteiger partial charge >= 0.3 is 0 Å². The number of nitrogens with one attached hydrogen (secondary N) is 1. The van der Waals surface area contributed by atoms with E-state index >= 15 is 0 Å². The summed E-state index contributed by atoms with van der Waals surface area (Å²) in [7, 11) is 4.14. The maximum Gasteiger partial charge on any atom is 0.0472 e. The van der Waals surface area contributed by atoms with Crippen molar-refractivity contribution in [2.24, 2.45) is 5.84 Å². The molecule has 3 N–H and O–H groups in total. The molecular formula is C12H21N3. The lowest BCUT2D eigenvalue weighted by Gasteiger charge is -2.18. The highest BCUT2D eigenvalue weighted by Crippen LogP contribution is 2.16. The number of aryl methyl sites for hydroxylation is 1. The molecule has 0 heterocycles. The summed E-state index contributed by atoms with van der Waals surface area (Å²) in [5, 5.41) is 0.